The monoisotopic (exact) mass is 367 g/mol. The van der Waals surface area contributed by atoms with Crippen LogP contribution >= 0.6 is 11.6 Å². The van der Waals surface area contributed by atoms with Gasteiger partial charge in [0.15, 0.2) is 0 Å². The molecule has 0 N–H and O–H groups in total. The number of hydrogen-bond donors (Lipinski definition) is 0. The SMILES string of the molecule is CCC(=O)N1N=C(c2ccco2)CC1c1cc2cc(C)ccc2nc1Cl. The van der Waals surface area contributed by atoms with Crippen LogP contribution < -0.4 is 0 Å². The van der Waals surface area contributed by atoms with Crippen molar-refractivity contribution >= 4 is 34.1 Å². The van der Waals surface area contributed by atoms with Crippen LogP contribution in [-0.4, -0.2) is 21.6 Å². The highest BCUT2D eigenvalue weighted by atomic mass is 35.5. The van der Waals surface area contributed by atoms with Crippen molar-refractivity contribution in [1.29, 1.82) is 0 Å². The molecule has 3 aromatic rings. The summed E-state index contributed by atoms with van der Waals surface area (Å²) in [4.78, 5) is 17.0. The molecular formula is C20H18ClN3O2. The predicted molar refractivity (Wildman–Crippen MR) is 101 cm³/mol. The number of aryl methyl sites for hydroxylation is 1. The lowest BCUT2D eigenvalue weighted by Crippen LogP contribution is -2.26. The van der Waals surface area contributed by atoms with Gasteiger partial charge in [0.2, 0.25) is 5.91 Å². The Bertz CT molecular complexity index is 1010. The zero-order valence-corrected chi connectivity index (χ0v) is 15.3. The first-order chi connectivity index (χ1) is 12.6. The van der Waals surface area contributed by atoms with Crippen LogP contribution in [-0.2, 0) is 4.79 Å². The van der Waals surface area contributed by atoms with E-state index in [1.165, 1.54) is 5.01 Å². The molecule has 1 amide bonds. The summed E-state index contributed by atoms with van der Waals surface area (Å²) in [5.74, 6) is 0.610. The minimum atomic E-state index is -0.285. The molecule has 0 aliphatic carbocycles. The van der Waals surface area contributed by atoms with Crippen molar-refractivity contribution in [3.05, 3.63) is 64.7 Å². The first-order valence-electron chi connectivity index (χ1n) is 8.57. The van der Waals surface area contributed by atoms with Gasteiger partial charge in [-0.15, -0.1) is 0 Å². The summed E-state index contributed by atoms with van der Waals surface area (Å²) in [6, 6.07) is 11.4. The average Bonchev–Trinajstić information content (AvgIpc) is 3.30. The molecule has 0 saturated carbocycles. The summed E-state index contributed by atoms with van der Waals surface area (Å²) < 4.78 is 5.46. The lowest BCUT2D eigenvalue weighted by Gasteiger charge is -2.22. The Kier molecular flexibility index (Phi) is 4.24. The smallest absolute Gasteiger partial charge is 0.242 e. The van der Waals surface area contributed by atoms with Gasteiger partial charge in [0.25, 0.3) is 0 Å². The molecule has 26 heavy (non-hydrogen) atoms. The van der Waals surface area contributed by atoms with Crippen molar-refractivity contribution in [2.75, 3.05) is 0 Å². The number of rotatable bonds is 3. The van der Waals surface area contributed by atoms with Crippen molar-refractivity contribution in [3.63, 3.8) is 0 Å². The summed E-state index contributed by atoms with van der Waals surface area (Å²) in [5.41, 5.74) is 3.52. The second kappa shape index (κ2) is 6.57. The Morgan fingerprint density at radius 2 is 2.19 bits per heavy atom. The lowest BCUT2D eigenvalue weighted by molar-refractivity contribution is -0.132. The van der Waals surface area contributed by atoms with Crippen LogP contribution in [0.2, 0.25) is 5.15 Å². The Labute approximate surface area is 156 Å². The van der Waals surface area contributed by atoms with Crippen molar-refractivity contribution in [2.24, 2.45) is 5.10 Å². The number of carbonyl (C=O) groups is 1. The van der Waals surface area contributed by atoms with E-state index in [0.717, 1.165) is 27.7 Å². The number of carbonyl (C=O) groups excluding carboxylic acids is 1. The number of pyridine rings is 1. The summed E-state index contributed by atoms with van der Waals surface area (Å²) in [6.45, 7) is 3.86. The largest absolute Gasteiger partial charge is 0.463 e. The molecule has 1 aliphatic heterocycles. The van der Waals surface area contributed by atoms with Gasteiger partial charge in [-0.25, -0.2) is 9.99 Å². The van der Waals surface area contributed by atoms with E-state index in [2.05, 4.69) is 16.2 Å². The van der Waals surface area contributed by atoms with Gasteiger partial charge in [-0.3, -0.25) is 4.79 Å². The topological polar surface area (TPSA) is 58.7 Å². The number of halogens is 1. The fraction of sp³-hybridized carbons (Fsp3) is 0.250. The van der Waals surface area contributed by atoms with E-state index >= 15 is 0 Å². The molecule has 2 aromatic heterocycles. The molecule has 1 aromatic carbocycles. The van der Waals surface area contributed by atoms with Gasteiger partial charge in [0.05, 0.1) is 17.8 Å². The minimum absolute atomic E-state index is 0.0584. The maximum Gasteiger partial charge on any atom is 0.242 e. The number of nitrogens with zero attached hydrogens (tertiary/aromatic N) is 3. The molecule has 0 bridgehead atoms. The normalized spacial score (nSPS) is 17.0. The van der Waals surface area contributed by atoms with Crippen LogP contribution in [0.1, 0.15) is 42.7 Å². The van der Waals surface area contributed by atoms with Crippen LogP contribution in [0.15, 0.2) is 52.2 Å². The highest BCUT2D eigenvalue weighted by Gasteiger charge is 2.35. The predicted octanol–water partition coefficient (Wildman–Crippen LogP) is 4.88. The molecule has 5 nitrogen and oxygen atoms in total. The number of fused-ring (bicyclic) bond motifs is 1. The molecule has 0 saturated heterocycles. The third kappa shape index (κ3) is 2.88. The molecule has 132 valence electrons. The highest BCUT2D eigenvalue weighted by Crippen LogP contribution is 2.37. The Hall–Kier alpha value is -2.66. The third-order valence-electron chi connectivity index (χ3n) is 4.58. The highest BCUT2D eigenvalue weighted by molar-refractivity contribution is 6.30. The fourth-order valence-corrected chi connectivity index (χ4v) is 3.53. The molecule has 3 heterocycles. The van der Waals surface area contributed by atoms with Gasteiger partial charge in [0, 0.05) is 23.8 Å². The summed E-state index contributed by atoms with van der Waals surface area (Å²) in [5, 5.41) is 7.43. The van der Waals surface area contributed by atoms with Gasteiger partial charge < -0.3 is 4.42 Å². The van der Waals surface area contributed by atoms with E-state index < -0.39 is 0 Å². The molecular weight excluding hydrogens is 350 g/mol. The van der Waals surface area contributed by atoms with Crippen molar-refractivity contribution < 1.29 is 9.21 Å². The first kappa shape index (κ1) is 16.8. The number of benzene rings is 1. The zero-order valence-electron chi connectivity index (χ0n) is 14.6. The van der Waals surface area contributed by atoms with E-state index in [4.69, 9.17) is 16.0 Å². The van der Waals surface area contributed by atoms with E-state index in [1.807, 2.05) is 44.2 Å². The molecule has 0 spiro atoms. The minimum Gasteiger partial charge on any atom is -0.463 e. The van der Waals surface area contributed by atoms with Gasteiger partial charge in [-0.05, 0) is 37.3 Å². The molecule has 1 atom stereocenters. The van der Waals surface area contributed by atoms with Gasteiger partial charge >= 0.3 is 0 Å². The zero-order chi connectivity index (χ0) is 18.3. The Morgan fingerprint density at radius 1 is 1.35 bits per heavy atom. The number of hydrazone groups is 1. The average molecular weight is 368 g/mol. The molecule has 1 unspecified atom stereocenters. The van der Waals surface area contributed by atoms with Crippen molar-refractivity contribution in [3.8, 4) is 0 Å². The Balaban J connectivity index is 1.79. The Morgan fingerprint density at radius 3 is 2.92 bits per heavy atom. The number of aromatic nitrogens is 1. The second-order valence-corrected chi connectivity index (χ2v) is 6.76. The maximum atomic E-state index is 12.5. The summed E-state index contributed by atoms with van der Waals surface area (Å²) in [6.07, 6.45) is 2.51. The van der Waals surface area contributed by atoms with Crippen molar-refractivity contribution in [2.45, 2.75) is 32.7 Å². The molecule has 1 aliphatic rings. The summed E-state index contributed by atoms with van der Waals surface area (Å²) in [7, 11) is 0. The fourth-order valence-electron chi connectivity index (χ4n) is 3.26. The van der Waals surface area contributed by atoms with E-state index in [9.17, 15) is 4.79 Å². The molecule has 0 radical (unpaired) electrons. The van der Waals surface area contributed by atoms with Crippen LogP contribution in [0.4, 0.5) is 0 Å². The summed E-state index contributed by atoms with van der Waals surface area (Å²) >= 11 is 6.49. The first-order valence-corrected chi connectivity index (χ1v) is 8.95. The molecule has 0 fully saturated rings. The number of hydrogen-bond acceptors (Lipinski definition) is 4. The van der Waals surface area contributed by atoms with Crippen molar-refractivity contribution in [1.82, 2.24) is 9.99 Å². The van der Waals surface area contributed by atoms with E-state index in [1.54, 1.807) is 6.26 Å². The van der Waals surface area contributed by atoms with E-state index in [-0.39, 0.29) is 11.9 Å². The quantitative estimate of drug-likeness (QED) is 0.620. The maximum absolute atomic E-state index is 12.5. The number of amides is 1. The standard InChI is InChI=1S/C20H18ClN3O2/c1-3-19(25)24-17(11-16(23-24)18-5-4-8-26-18)14-10-13-9-12(2)6-7-15(13)22-20(14)21/h4-10,17H,3,11H2,1-2H3. The van der Waals surface area contributed by atoms with Gasteiger partial charge in [-0.2, -0.15) is 5.10 Å². The van der Waals surface area contributed by atoms with Crippen LogP contribution in [0.5, 0.6) is 0 Å². The van der Waals surface area contributed by atoms with Gasteiger partial charge in [-0.1, -0.05) is 30.2 Å². The molecule has 4 rings (SSSR count). The number of furan rings is 1. The van der Waals surface area contributed by atoms with Crippen LogP contribution in [0, 0.1) is 6.92 Å². The molecule has 6 heteroatoms. The van der Waals surface area contributed by atoms with Crippen LogP contribution in [0.25, 0.3) is 10.9 Å². The second-order valence-electron chi connectivity index (χ2n) is 6.40. The third-order valence-corrected chi connectivity index (χ3v) is 4.89. The lowest BCUT2D eigenvalue weighted by atomic mass is 10.00. The van der Waals surface area contributed by atoms with Gasteiger partial charge in [0.1, 0.15) is 16.6 Å². The van der Waals surface area contributed by atoms with E-state index in [0.29, 0.717) is 23.8 Å². The van der Waals surface area contributed by atoms with Crippen LogP contribution in [0.3, 0.4) is 0 Å².